The lowest BCUT2D eigenvalue weighted by Crippen LogP contribution is -2.56. The third-order valence-corrected chi connectivity index (χ3v) is 7.81. The fourth-order valence-electron chi connectivity index (χ4n) is 5.02. The molecular weight excluding hydrogens is 576 g/mol. The Morgan fingerprint density at radius 1 is 1.04 bits per heavy atom. The van der Waals surface area contributed by atoms with Crippen molar-refractivity contribution < 1.29 is 28.6 Å². The topological polar surface area (TPSA) is 150 Å². The molecule has 1 aliphatic heterocycles. The van der Waals surface area contributed by atoms with Gasteiger partial charge in [-0.25, -0.2) is 4.98 Å². The van der Waals surface area contributed by atoms with E-state index in [0.29, 0.717) is 36.1 Å². The van der Waals surface area contributed by atoms with Crippen LogP contribution in [-0.4, -0.2) is 77.7 Å². The van der Waals surface area contributed by atoms with Crippen LogP contribution in [0.3, 0.4) is 0 Å². The van der Waals surface area contributed by atoms with Crippen molar-refractivity contribution in [1.29, 1.82) is 0 Å². The number of nitrogens with two attached hydrogens (primary N) is 1. The van der Waals surface area contributed by atoms with Gasteiger partial charge < -0.3 is 40.0 Å². The van der Waals surface area contributed by atoms with Crippen molar-refractivity contribution >= 4 is 23.5 Å². The van der Waals surface area contributed by atoms with E-state index in [9.17, 15) is 14.4 Å². The number of hydrogen-bond acceptors (Lipinski definition) is 8. The summed E-state index contributed by atoms with van der Waals surface area (Å²) in [6.07, 6.45) is 4.95. The maximum absolute atomic E-state index is 14.0. The van der Waals surface area contributed by atoms with E-state index in [1.54, 1.807) is 51.0 Å². The van der Waals surface area contributed by atoms with Gasteiger partial charge in [0.05, 0.1) is 39.3 Å². The molecule has 3 aromatic rings. The minimum Gasteiger partial charge on any atom is -0.493 e. The number of carbonyl (C=O) groups excluding carboxylic acids is 3. The number of anilines is 1. The Kier molecular flexibility index (Phi) is 11.2. The van der Waals surface area contributed by atoms with Crippen molar-refractivity contribution in [3.63, 3.8) is 0 Å². The highest BCUT2D eigenvalue weighted by Gasteiger charge is 2.32. The standard InChI is InChI=1S/C33H44N6O6/c1-22-13-15-38(16-14-22)31(41)29(24-11-12-26(43-4)27(17-24)44-5)39-18-28(35-21-39)37-30(40)25(36-32(42)33(2,3)34)20-45-19-23-9-7-6-8-10-23/h6-12,17-18,21-22,25,29H,13-16,19-20,34H2,1-5H3,(H,36,42)(H,37,40). The Hall–Kier alpha value is -4.42. The van der Waals surface area contributed by atoms with Gasteiger partial charge in [-0.05, 0) is 55.9 Å². The number of likely N-dealkylation sites (tertiary alicyclic amines) is 1. The van der Waals surface area contributed by atoms with E-state index in [-0.39, 0.29) is 24.9 Å². The molecule has 0 aliphatic carbocycles. The van der Waals surface area contributed by atoms with E-state index in [1.807, 2.05) is 41.3 Å². The molecule has 45 heavy (non-hydrogen) atoms. The summed E-state index contributed by atoms with van der Waals surface area (Å²) < 4.78 is 18.4. The van der Waals surface area contributed by atoms with E-state index in [2.05, 4.69) is 22.5 Å². The molecule has 1 aliphatic rings. The molecule has 0 saturated carbocycles. The third-order valence-electron chi connectivity index (χ3n) is 7.81. The molecule has 2 heterocycles. The number of nitrogens with one attached hydrogen (secondary N) is 2. The van der Waals surface area contributed by atoms with Gasteiger partial charge in [-0.1, -0.05) is 43.3 Å². The van der Waals surface area contributed by atoms with Crippen LogP contribution in [0.5, 0.6) is 11.5 Å². The number of hydrogen-bond donors (Lipinski definition) is 3. The lowest BCUT2D eigenvalue weighted by atomic mass is 9.97. The van der Waals surface area contributed by atoms with Crippen molar-refractivity contribution in [2.45, 2.75) is 57.8 Å². The van der Waals surface area contributed by atoms with Crippen LogP contribution in [0.4, 0.5) is 5.82 Å². The van der Waals surface area contributed by atoms with Crippen molar-refractivity contribution in [2.24, 2.45) is 11.7 Å². The Bertz CT molecular complexity index is 1450. The van der Waals surface area contributed by atoms with E-state index < -0.39 is 29.4 Å². The van der Waals surface area contributed by atoms with Crippen LogP contribution in [-0.2, 0) is 25.7 Å². The summed E-state index contributed by atoms with van der Waals surface area (Å²) >= 11 is 0. The number of nitrogens with zero attached hydrogens (tertiary/aromatic N) is 3. The summed E-state index contributed by atoms with van der Waals surface area (Å²) in [5.74, 6) is 0.663. The first-order chi connectivity index (χ1) is 21.5. The van der Waals surface area contributed by atoms with Crippen molar-refractivity contribution in [1.82, 2.24) is 19.8 Å². The summed E-state index contributed by atoms with van der Waals surface area (Å²) in [5, 5.41) is 5.45. The van der Waals surface area contributed by atoms with Gasteiger partial charge in [0.1, 0.15) is 12.1 Å². The molecule has 2 atom stereocenters. The number of carbonyl (C=O) groups is 3. The van der Waals surface area contributed by atoms with Crippen LogP contribution in [0.25, 0.3) is 0 Å². The summed E-state index contributed by atoms with van der Waals surface area (Å²) in [6.45, 7) is 6.77. The second kappa shape index (κ2) is 15.0. The van der Waals surface area contributed by atoms with Gasteiger partial charge in [0.15, 0.2) is 17.3 Å². The average molecular weight is 621 g/mol. The minimum atomic E-state index is -1.21. The van der Waals surface area contributed by atoms with Crippen molar-refractivity contribution in [3.8, 4) is 11.5 Å². The van der Waals surface area contributed by atoms with Crippen LogP contribution in [0.2, 0.25) is 0 Å². The zero-order chi connectivity index (χ0) is 32.6. The highest BCUT2D eigenvalue weighted by atomic mass is 16.5. The molecule has 12 nitrogen and oxygen atoms in total. The number of benzene rings is 2. The molecule has 0 bridgehead atoms. The number of ether oxygens (including phenoxy) is 3. The van der Waals surface area contributed by atoms with Crippen LogP contribution in [0, 0.1) is 5.92 Å². The first kappa shape index (κ1) is 33.5. The molecule has 1 aromatic heterocycles. The smallest absolute Gasteiger partial charge is 0.250 e. The van der Waals surface area contributed by atoms with Gasteiger partial charge in [-0.2, -0.15) is 0 Å². The van der Waals surface area contributed by atoms with Crippen LogP contribution < -0.4 is 25.8 Å². The number of methoxy groups -OCH3 is 2. The number of aromatic nitrogens is 2. The van der Waals surface area contributed by atoms with Gasteiger partial charge >= 0.3 is 0 Å². The zero-order valence-electron chi connectivity index (χ0n) is 26.6. The lowest BCUT2D eigenvalue weighted by Gasteiger charge is -2.33. The fourth-order valence-corrected chi connectivity index (χ4v) is 5.02. The van der Waals surface area contributed by atoms with E-state index >= 15 is 0 Å². The molecule has 0 radical (unpaired) electrons. The molecule has 12 heteroatoms. The first-order valence-electron chi connectivity index (χ1n) is 15.1. The van der Waals surface area contributed by atoms with Gasteiger partial charge in [-0.3, -0.25) is 14.4 Å². The first-order valence-corrected chi connectivity index (χ1v) is 15.1. The predicted molar refractivity (Wildman–Crippen MR) is 170 cm³/mol. The van der Waals surface area contributed by atoms with E-state index in [1.165, 1.54) is 6.33 Å². The maximum Gasteiger partial charge on any atom is 0.250 e. The SMILES string of the molecule is COc1ccc(C(C(=O)N2CCC(C)CC2)n2cnc(NC(=O)C(COCc3ccccc3)NC(=O)C(C)(C)N)c2)cc1OC. The molecule has 242 valence electrons. The summed E-state index contributed by atoms with van der Waals surface area (Å²) in [5.41, 5.74) is 6.37. The Labute approximate surface area is 264 Å². The summed E-state index contributed by atoms with van der Waals surface area (Å²) in [7, 11) is 3.09. The fraction of sp³-hybridized carbons (Fsp3) is 0.455. The van der Waals surface area contributed by atoms with Crippen molar-refractivity contribution in [3.05, 3.63) is 72.2 Å². The van der Waals surface area contributed by atoms with E-state index in [4.69, 9.17) is 19.9 Å². The lowest BCUT2D eigenvalue weighted by molar-refractivity contribution is -0.135. The van der Waals surface area contributed by atoms with Crippen LogP contribution >= 0.6 is 0 Å². The largest absolute Gasteiger partial charge is 0.493 e. The van der Waals surface area contributed by atoms with Crippen LogP contribution in [0.15, 0.2) is 61.1 Å². The highest BCUT2D eigenvalue weighted by molar-refractivity contribution is 5.98. The predicted octanol–water partition coefficient (Wildman–Crippen LogP) is 3.13. The van der Waals surface area contributed by atoms with Gasteiger partial charge in [0.2, 0.25) is 11.8 Å². The van der Waals surface area contributed by atoms with Gasteiger partial charge in [-0.15, -0.1) is 0 Å². The maximum atomic E-state index is 14.0. The Morgan fingerprint density at radius 3 is 2.38 bits per heavy atom. The molecular formula is C33H44N6O6. The van der Waals surface area contributed by atoms with E-state index in [0.717, 1.165) is 18.4 Å². The number of piperidine rings is 1. The summed E-state index contributed by atoms with van der Waals surface area (Å²) in [6, 6.07) is 13.0. The molecule has 2 unspecified atom stereocenters. The second-order valence-corrected chi connectivity index (χ2v) is 12.0. The highest BCUT2D eigenvalue weighted by Crippen LogP contribution is 2.33. The quantitative estimate of drug-likeness (QED) is 0.264. The average Bonchev–Trinajstić information content (AvgIpc) is 3.48. The molecule has 4 N–H and O–H groups in total. The van der Waals surface area contributed by atoms with Crippen LogP contribution in [0.1, 0.15) is 50.8 Å². The normalized spacial score (nSPS) is 15.2. The number of rotatable bonds is 13. The molecule has 1 fully saturated rings. The molecule has 1 saturated heterocycles. The number of imidazole rings is 1. The molecule has 4 rings (SSSR count). The number of amides is 3. The van der Waals surface area contributed by atoms with Crippen molar-refractivity contribution in [2.75, 3.05) is 39.2 Å². The monoisotopic (exact) mass is 620 g/mol. The zero-order valence-corrected chi connectivity index (χ0v) is 26.6. The second-order valence-electron chi connectivity index (χ2n) is 12.0. The van der Waals surface area contributed by atoms with Gasteiger partial charge in [0, 0.05) is 19.3 Å². The third kappa shape index (κ3) is 8.83. The Balaban J connectivity index is 1.56. The van der Waals surface area contributed by atoms with Gasteiger partial charge in [0.25, 0.3) is 5.91 Å². The summed E-state index contributed by atoms with van der Waals surface area (Å²) in [4.78, 5) is 46.4. The molecule has 3 amide bonds. The molecule has 0 spiro atoms. The molecule has 2 aromatic carbocycles. The Morgan fingerprint density at radius 2 is 1.73 bits per heavy atom. The minimum absolute atomic E-state index is 0.0889.